The van der Waals surface area contributed by atoms with Gasteiger partial charge in [0.15, 0.2) is 0 Å². The van der Waals surface area contributed by atoms with Crippen LogP contribution in [0.15, 0.2) is 0 Å². The van der Waals surface area contributed by atoms with Gasteiger partial charge in [0.05, 0.1) is 17.3 Å². The largest absolute Gasteiger partial charge is 0.463 e. The van der Waals surface area contributed by atoms with Gasteiger partial charge in [-0.25, -0.2) is 0 Å². The molecule has 2 atom stereocenters. The number of aliphatic hydroxyl groups is 1. The first-order valence-corrected chi connectivity index (χ1v) is 5.87. The third-order valence-electron chi connectivity index (χ3n) is 4.15. The van der Waals surface area contributed by atoms with Gasteiger partial charge in [0.25, 0.3) is 0 Å². The third kappa shape index (κ3) is 1.83. The topological polar surface area (TPSA) is 38.7 Å². The molecule has 15 heavy (non-hydrogen) atoms. The fourth-order valence-corrected chi connectivity index (χ4v) is 2.35. The molecule has 0 aromatic heterocycles. The lowest BCUT2D eigenvalue weighted by atomic mass is 9.69. The summed E-state index contributed by atoms with van der Waals surface area (Å²) < 4.78 is 11.9. The van der Waals surface area contributed by atoms with Gasteiger partial charge in [-0.15, -0.1) is 0 Å². The van der Waals surface area contributed by atoms with Crippen molar-refractivity contribution in [1.82, 2.24) is 0 Å². The van der Waals surface area contributed by atoms with Crippen molar-refractivity contribution < 1.29 is 14.4 Å². The Hall–Kier alpha value is -0.0551. The van der Waals surface area contributed by atoms with Crippen LogP contribution in [0.25, 0.3) is 0 Å². The predicted octanol–water partition coefficient (Wildman–Crippen LogP) is 1.99. The second-order valence-corrected chi connectivity index (χ2v) is 5.79. The van der Waals surface area contributed by atoms with E-state index in [0.717, 1.165) is 19.3 Å². The predicted molar refractivity (Wildman–Crippen MR) is 59.7 cm³/mol. The Morgan fingerprint density at radius 2 is 1.60 bits per heavy atom. The van der Waals surface area contributed by atoms with Crippen molar-refractivity contribution in [2.45, 2.75) is 70.1 Å². The fraction of sp³-hybridized carbons (Fsp3) is 1.00. The molecule has 1 aliphatic carbocycles. The van der Waals surface area contributed by atoms with Gasteiger partial charge < -0.3 is 14.4 Å². The molecule has 0 bridgehead atoms. The standard InChI is InChI=1S/C11H21BO3/c1-10(2)11(3,4)15-12(14-10)8-6-5-7-9(8)13/h8-9,13H,5-7H2,1-4H3. The van der Waals surface area contributed by atoms with Crippen LogP contribution < -0.4 is 0 Å². The van der Waals surface area contributed by atoms with Crippen molar-refractivity contribution in [3.63, 3.8) is 0 Å². The van der Waals surface area contributed by atoms with Crippen molar-refractivity contribution in [1.29, 1.82) is 0 Å². The molecule has 0 aromatic rings. The van der Waals surface area contributed by atoms with E-state index in [1.165, 1.54) is 0 Å². The Labute approximate surface area is 92.3 Å². The summed E-state index contributed by atoms with van der Waals surface area (Å²) in [5.74, 6) is 0.158. The monoisotopic (exact) mass is 212 g/mol. The van der Waals surface area contributed by atoms with Crippen LogP contribution >= 0.6 is 0 Å². The van der Waals surface area contributed by atoms with Gasteiger partial charge in [-0.05, 0) is 40.5 Å². The number of hydrogen-bond donors (Lipinski definition) is 1. The maximum atomic E-state index is 9.83. The summed E-state index contributed by atoms with van der Waals surface area (Å²) in [6.45, 7) is 8.20. The van der Waals surface area contributed by atoms with E-state index < -0.39 is 0 Å². The first kappa shape index (κ1) is 11.4. The van der Waals surface area contributed by atoms with Gasteiger partial charge in [0.2, 0.25) is 0 Å². The number of hydrogen-bond acceptors (Lipinski definition) is 3. The van der Waals surface area contributed by atoms with Crippen LogP contribution in [-0.2, 0) is 9.31 Å². The molecule has 4 heteroatoms. The van der Waals surface area contributed by atoms with E-state index in [-0.39, 0.29) is 30.2 Å². The molecule has 2 aliphatic rings. The fourth-order valence-electron chi connectivity index (χ4n) is 2.35. The summed E-state index contributed by atoms with van der Waals surface area (Å²) >= 11 is 0. The second kappa shape index (κ2) is 3.47. The Kier molecular flexibility index (Phi) is 2.65. The summed E-state index contributed by atoms with van der Waals surface area (Å²) in [6, 6.07) is 0. The van der Waals surface area contributed by atoms with Crippen LogP contribution in [0, 0.1) is 0 Å². The van der Waals surface area contributed by atoms with Crippen LogP contribution in [0.1, 0.15) is 47.0 Å². The molecule has 1 saturated carbocycles. The Bertz CT molecular complexity index is 236. The highest BCUT2D eigenvalue weighted by Gasteiger charge is 2.55. The normalized spacial score (nSPS) is 38.6. The lowest BCUT2D eigenvalue weighted by molar-refractivity contribution is 0.00578. The summed E-state index contributed by atoms with van der Waals surface area (Å²) in [5, 5.41) is 9.83. The summed E-state index contributed by atoms with van der Waals surface area (Å²) in [5.41, 5.74) is -0.556. The molecule has 2 unspecified atom stereocenters. The van der Waals surface area contributed by atoms with Crippen molar-refractivity contribution in [3.05, 3.63) is 0 Å². The van der Waals surface area contributed by atoms with E-state index in [2.05, 4.69) is 0 Å². The van der Waals surface area contributed by atoms with Crippen molar-refractivity contribution in [2.75, 3.05) is 0 Å². The molecule has 1 heterocycles. The summed E-state index contributed by atoms with van der Waals surface area (Å²) in [7, 11) is -0.229. The Balaban J connectivity index is 2.09. The highest BCUT2D eigenvalue weighted by molar-refractivity contribution is 6.47. The van der Waals surface area contributed by atoms with E-state index in [0.29, 0.717) is 0 Å². The van der Waals surface area contributed by atoms with Gasteiger partial charge in [-0.1, -0.05) is 6.42 Å². The minimum absolute atomic E-state index is 0.158. The van der Waals surface area contributed by atoms with Gasteiger partial charge >= 0.3 is 7.12 Å². The zero-order valence-electron chi connectivity index (χ0n) is 10.1. The molecule has 0 spiro atoms. The van der Waals surface area contributed by atoms with Crippen LogP contribution in [0.4, 0.5) is 0 Å². The van der Waals surface area contributed by atoms with Crippen LogP contribution in [0.5, 0.6) is 0 Å². The molecule has 0 aromatic carbocycles. The number of aliphatic hydroxyl groups excluding tert-OH is 1. The molecule has 0 amide bonds. The quantitative estimate of drug-likeness (QED) is 0.675. The molecule has 3 nitrogen and oxygen atoms in total. The summed E-state index contributed by atoms with van der Waals surface area (Å²) in [4.78, 5) is 0. The second-order valence-electron chi connectivity index (χ2n) is 5.79. The molecule has 2 fully saturated rings. The Morgan fingerprint density at radius 3 is 2.00 bits per heavy atom. The summed E-state index contributed by atoms with van der Waals surface area (Å²) in [6.07, 6.45) is 2.72. The lowest BCUT2D eigenvalue weighted by Crippen LogP contribution is -2.41. The third-order valence-corrected chi connectivity index (χ3v) is 4.15. The average molecular weight is 212 g/mol. The van der Waals surface area contributed by atoms with Crippen LogP contribution in [-0.4, -0.2) is 29.5 Å². The SMILES string of the molecule is CC1(C)OB(C2CCCC2O)OC1(C)C. The maximum absolute atomic E-state index is 9.83. The van der Waals surface area contributed by atoms with Crippen molar-refractivity contribution in [2.24, 2.45) is 0 Å². The maximum Gasteiger partial charge on any atom is 0.463 e. The molecular weight excluding hydrogens is 191 g/mol. The van der Waals surface area contributed by atoms with Gasteiger partial charge in [0, 0.05) is 5.82 Å². The first-order valence-electron chi connectivity index (χ1n) is 5.87. The van der Waals surface area contributed by atoms with Crippen LogP contribution in [0.2, 0.25) is 5.82 Å². The molecule has 0 radical (unpaired) electrons. The molecule has 2 rings (SSSR count). The van der Waals surface area contributed by atoms with Gasteiger partial charge in [0.1, 0.15) is 0 Å². The van der Waals surface area contributed by atoms with E-state index >= 15 is 0 Å². The molecule has 1 aliphatic heterocycles. The highest BCUT2D eigenvalue weighted by Crippen LogP contribution is 2.44. The average Bonchev–Trinajstić information content (AvgIpc) is 2.55. The van der Waals surface area contributed by atoms with E-state index in [1.54, 1.807) is 0 Å². The first-order chi connectivity index (χ1) is 6.83. The Morgan fingerprint density at radius 1 is 1.07 bits per heavy atom. The zero-order valence-corrected chi connectivity index (χ0v) is 10.1. The van der Waals surface area contributed by atoms with Crippen molar-refractivity contribution in [3.8, 4) is 0 Å². The van der Waals surface area contributed by atoms with E-state index in [9.17, 15) is 5.11 Å². The highest BCUT2D eigenvalue weighted by atomic mass is 16.7. The minimum atomic E-state index is -0.278. The van der Waals surface area contributed by atoms with Crippen LogP contribution in [0.3, 0.4) is 0 Å². The smallest absolute Gasteiger partial charge is 0.403 e. The van der Waals surface area contributed by atoms with E-state index in [1.807, 2.05) is 27.7 Å². The number of rotatable bonds is 1. The molecule has 1 N–H and O–H groups in total. The van der Waals surface area contributed by atoms with E-state index in [4.69, 9.17) is 9.31 Å². The molecule has 86 valence electrons. The van der Waals surface area contributed by atoms with Gasteiger partial charge in [-0.3, -0.25) is 0 Å². The molecular formula is C11H21BO3. The zero-order chi connectivity index (χ0) is 11.3. The lowest BCUT2D eigenvalue weighted by Gasteiger charge is -2.32. The minimum Gasteiger partial charge on any atom is -0.403 e. The van der Waals surface area contributed by atoms with Gasteiger partial charge in [-0.2, -0.15) is 0 Å². The molecule has 1 saturated heterocycles. The van der Waals surface area contributed by atoms with Crippen molar-refractivity contribution >= 4 is 7.12 Å².